The fourth-order valence-electron chi connectivity index (χ4n) is 1.04. The van der Waals surface area contributed by atoms with Crippen LogP contribution >= 0.6 is 0 Å². The van der Waals surface area contributed by atoms with Gasteiger partial charge in [-0.25, -0.2) is 4.98 Å². The number of nitrogens with zero attached hydrogens (tertiary/aromatic N) is 1. The summed E-state index contributed by atoms with van der Waals surface area (Å²) in [7, 11) is 1.32. The molecule has 1 heterocycles. The van der Waals surface area contributed by atoms with Gasteiger partial charge in [0.25, 0.3) is 0 Å². The molecule has 0 aromatic carbocycles. The summed E-state index contributed by atoms with van der Waals surface area (Å²) in [6.07, 6.45) is 1.98. The monoisotopic (exact) mass is 183 g/mol. The highest BCUT2D eigenvalue weighted by atomic mass is 16.5. The first-order chi connectivity index (χ1) is 6.15. The number of aromatic amines is 1. The Hall–Kier alpha value is -1.36. The van der Waals surface area contributed by atoms with Gasteiger partial charge in [-0.15, -0.1) is 0 Å². The van der Waals surface area contributed by atoms with Crippen LogP contribution in [-0.2, 0) is 16.0 Å². The molecule has 0 saturated heterocycles. The highest BCUT2D eigenvalue weighted by Gasteiger charge is 2.16. The summed E-state index contributed by atoms with van der Waals surface area (Å²) in [6, 6.07) is -0.632. The molecule has 13 heavy (non-hydrogen) atoms. The smallest absolute Gasteiger partial charge is 0.323 e. The van der Waals surface area contributed by atoms with Gasteiger partial charge in [0, 0.05) is 12.1 Å². The molecule has 0 radical (unpaired) electrons. The van der Waals surface area contributed by atoms with Gasteiger partial charge >= 0.3 is 5.97 Å². The second-order valence-corrected chi connectivity index (χ2v) is 2.81. The van der Waals surface area contributed by atoms with E-state index < -0.39 is 12.0 Å². The summed E-state index contributed by atoms with van der Waals surface area (Å²) in [6.45, 7) is 1.88. The summed E-state index contributed by atoms with van der Waals surface area (Å²) in [5.74, 6) is -0.414. The van der Waals surface area contributed by atoms with E-state index in [0.717, 1.165) is 11.4 Å². The van der Waals surface area contributed by atoms with Crippen LogP contribution in [0.2, 0.25) is 0 Å². The highest BCUT2D eigenvalue weighted by molar-refractivity contribution is 5.75. The molecule has 0 spiro atoms. The van der Waals surface area contributed by atoms with E-state index in [9.17, 15) is 4.79 Å². The van der Waals surface area contributed by atoms with Crippen LogP contribution < -0.4 is 5.73 Å². The maximum Gasteiger partial charge on any atom is 0.323 e. The molecule has 3 N–H and O–H groups in total. The minimum atomic E-state index is -0.632. The average molecular weight is 183 g/mol. The van der Waals surface area contributed by atoms with Crippen LogP contribution in [0, 0.1) is 6.92 Å². The SMILES string of the molecule is COC(=O)C(N)Cc1nc[nH]c1C. The van der Waals surface area contributed by atoms with Crippen molar-refractivity contribution in [3.05, 3.63) is 17.7 Å². The third-order valence-electron chi connectivity index (χ3n) is 1.85. The van der Waals surface area contributed by atoms with Gasteiger partial charge in [-0.2, -0.15) is 0 Å². The standard InChI is InChI=1S/C8H13N3O2/c1-5-7(11-4-10-5)3-6(9)8(12)13-2/h4,6H,3,9H2,1-2H3,(H,10,11). The zero-order chi connectivity index (χ0) is 9.84. The van der Waals surface area contributed by atoms with Crippen molar-refractivity contribution < 1.29 is 9.53 Å². The summed E-state index contributed by atoms with van der Waals surface area (Å²) in [4.78, 5) is 17.9. The predicted molar refractivity (Wildman–Crippen MR) is 47.0 cm³/mol. The lowest BCUT2D eigenvalue weighted by Gasteiger charge is -2.07. The minimum absolute atomic E-state index is 0.405. The zero-order valence-corrected chi connectivity index (χ0v) is 7.70. The number of carbonyl (C=O) groups excluding carboxylic acids is 1. The van der Waals surface area contributed by atoms with E-state index in [1.54, 1.807) is 6.33 Å². The lowest BCUT2D eigenvalue weighted by Crippen LogP contribution is -2.33. The normalized spacial score (nSPS) is 12.5. The third-order valence-corrected chi connectivity index (χ3v) is 1.85. The zero-order valence-electron chi connectivity index (χ0n) is 7.70. The molecule has 1 aromatic heterocycles. The molecular formula is C8H13N3O2. The number of imidazole rings is 1. The molecule has 72 valence electrons. The van der Waals surface area contributed by atoms with Gasteiger partial charge in [-0.1, -0.05) is 0 Å². The number of carbonyl (C=O) groups is 1. The fraction of sp³-hybridized carbons (Fsp3) is 0.500. The Morgan fingerprint density at radius 2 is 2.54 bits per heavy atom. The number of methoxy groups -OCH3 is 1. The lowest BCUT2D eigenvalue weighted by atomic mass is 10.1. The number of hydrogen-bond donors (Lipinski definition) is 2. The van der Waals surface area contributed by atoms with Crippen LogP contribution in [0.5, 0.6) is 0 Å². The minimum Gasteiger partial charge on any atom is -0.468 e. The van der Waals surface area contributed by atoms with Crippen molar-refractivity contribution in [2.75, 3.05) is 7.11 Å². The first-order valence-electron chi connectivity index (χ1n) is 3.97. The maximum atomic E-state index is 11.0. The van der Waals surface area contributed by atoms with Crippen LogP contribution in [0.4, 0.5) is 0 Å². The number of esters is 1. The average Bonchev–Trinajstić information content (AvgIpc) is 2.50. The molecule has 1 atom stereocenters. The number of H-pyrrole nitrogens is 1. The van der Waals surface area contributed by atoms with Crippen molar-refractivity contribution in [2.45, 2.75) is 19.4 Å². The van der Waals surface area contributed by atoms with Crippen molar-refractivity contribution in [3.8, 4) is 0 Å². The van der Waals surface area contributed by atoms with E-state index in [2.05, 4.69) is 14.7 Å². The quantitative estimate of drug-likeness (QED) is 0.634. The molecule has 1 unspecified atom stereocenters. The van der Waals surface area contributed by atoms with E-state index in [4.69, 9.17) is 5.73 Å². The Morgan fingerprint density at radius 3 is 3.00 bits per heavy atom. The Balaban J connectivity index is 2.59. The number of ether oxygens (including phenoxy) is 1. The van der Waals surface area contributed by atoms with Crippen LogP contribution in [0.25, 0.3) is 0 Å². The summed E-state index contributed by atoms with van der Waals surface area (Å²) < 4.78 is 4.50. The van der Waals surface area contributed by atoms with Gasteiger partial charge in [0.15, 0.2) is 0 Å². The molecule has 0 fully saturated rings. The number of nitrogens with one attached hydrogen (secondary N) is 1. The number of hydrogen-bond acceptors (Lipinski definition) is 4. The number of aryl methyl sites for hydroxylation is 1. The van der Waals surface area contributed by atoms with E-state index in [0.29, 0.717) is 6.42 Å². The van der Waals surface area contributed by atoms with Gasteiger partial charge in [0.2, 0.25) is 0 Å². The Kier molecular flexibility index (Phi) is 3.02. The first-order valence-corrected chi connectivity index (χ1v) is 3.97. The van der Waals surface area contributed by atoms with E-state index in [1.807, 2.05) is 6.92 Å². The molecule has 1 aromatic rings. The van der Waals surface area contributed by atoms with Gasteiger partial charge in [-0.3, -0.25) is 4.79 Å². The molecule has 0 aliphatic rings. The van der Waals surface area contributed by atoms with Crippen molar-refractivity contribution in [3.63, 3.8) is 0 Å². The largest absolute Gasteiger partial charge is 0.468 e. The molecule has 1 rings (SSSR count). The molecule has 0 amide bonds. The predicted octanol–water partition coefficient (Wildman–Crippen LogP) is -0.239. The molecule has 0 bridgehead atoms. The lowest BCUT2D eigenvalue weighted by molar-refractivity contribution is -0.142. The molecule has 0 aliphatic carbocycles. The number of nitrogens with two attached hydrogens (primary N) is 1. The summed E-state index contributed by atoms with van der Waals surface area (Å²) in [5, 5.41) is 0. The molecule has 5 heteroatoms. The highest BCUT2D eigenvalue weighted by Crippen LogP contribution is 2.03. The van der Waals surface area contributed by atoms with Crippen LogP contribution in [0.1, 0.15) is 11.4 Å². The van der Waals surface area contributed by atoms with Gasteiger partial charge in [-0.05, 0) is 6.92 Å². The second kappa shape index (κ2) is 4.04. The summed E-state index contributed by atoms with van der Waals surface area (Å²) >= 11 is 0. The first kappa shape index (κ1) is 9.73. The number of aromatic nitrogens is 2. The van der Waals surface area contributed by atoms with Crippen LogP contribution in [-0.4, -0.2) is 29.1 Å². The maximum absolute atomic E-state index is 11.0. The van der Waals surface area contributed by atoms with E-state index >= 15 is 0 Å². The van der Waals surface area contributed by atoms with Crippen molar-refractivity contribution >= 4 is 5.97 Å². The fourth-order valence-corrected chi connectivity index (χ4v) is 1.04. The van der Waals surface area contributed by atoms with Gasteiger partial charge < -0.3 is 15.5 Å². The molecular weight excluding hydrogens is 170 g/mol. The van der Waals surface area contributed by atoms with Crippen molar-refractivity contribution in [2.24, 2.45) is 5.73 Å². The Bertz CT molecular complexity index is 295. The van der Waals surface area contributed by atoms with Crippen molar-refractivity contribution in [1.82, 2.24) is 9.97 Å². The van der Waals surface area contributed by atoms with Crippen LogP contribution in [0.3, 0.4) is 0 Å². The summed E-state index contributed by atoms with van der Waals surface area (Å²) in [5.41, 5.74) is 7.29. The number of rotatable bonds is 3. The van der Waals surface area contributed by atoms with Gasteiger partial charge in [0.1, 0.15) is 6.04 Å². The second-order valence-electron chi connectivity index (χ2n) is 2.81. The van der Waals surface area contributed by atoms with E-state index in [1.165, 1.54) is 7.11 Å². The molecule has 0 aliphatic heterocycles. The third kappa shape index (κ3) is 2.29. The van der Waals surface area contributed by atoms with Crippen LogP contribution in [0.15, 0.2) is 6.33 Å². The topological polar surface area (TPSA) is 81.0 Å². The Labute approximate surface area is 76.3 Å². The Morgan fingerprint density at radius 1 is 1.85 bits per heavy atom. The molecule has 5 nitrogen and oxygen atoms in total. The molecule has 0 saturated carbocycles. The van der Waals surface area contributed by atoms with Crippen molar-refractivity contribution in [1.29, 1.82) is 0 Å². The van der Waals surface area contributed by atoms with Gasteiger partial charge in [0.05, 0.1) is 19.1 Å². The van der Waals surface area contributed by atoms with E-state index in [-0.39, 0.29) is 0 Å².